The van der Waals surface area contributed by atoms with Gasteiger partial charge >= 0.3 is 0 Å². The van der Waals surface area contributed by atoms with Crippen LogP contribution in [0.3, 0.4) is 0 Å². The molecule has 13 heavy (non-hydrogen) atoms. The zero-order valence-electron chi connectivity index (χ0n) is 7.30. The van der Waals surface area contributed by atoms with Crippen LogP contribution in [0.4, 0.5) is 0 Å². The third kappa shape index (κ3) is 1.44. The number of aromatic nitrogens is 1. The van der Waals surface area contributed by atoms with Crippen LogP contribution in [-0.2, 0) is 0 Å². The van der Waals surface area contributed by atoms with Crippen molar-refractivity contribution in [1.82, 2.24) is 4.98 Å². The van der Waals surface area contributed by atoms with Gasteiger partial charge in [0.15, 0.2) is 3.92 Å². The van der Waals surface area contributed by atoms with Crippen LogP contribution in [0.5, 0.6) is 5.75 Å². The van der Waals surface area contributed by atoms with E-state index in [1.54, 1.807) is 18.4 Å². The number of benzene rings is 1. The van der Waals surface area contributed by atoms with Gasteiger partial charge in [0, 0.05) is 5.56 Å². The van der Waals surface area contributed by atoms with E-state index in [-0.39, 0.29) is 0 Å². The standard InChI is InChI=1S/C9H8BrNOS/c1-5-6(12-2)3-4-7-8(5)11-9(10)13-7/h3-4H,1-2H3. The van der Waals surface area contributed by atoms with Gasteiger partial charge in [-0.3, -0.25) is 0 Å². The number of ether oxygens (including phenoxy) is 1. The van der Waals surface area contributed by atoms with Crippen LogP contribution in [0.15, 0.2) is 16.0 Å². The quantitative estimate of drug-likeness (QED) is 0.782. The van der Waals surface area contributed by atoms with Gasteiger partial charge in [0.05, 0.1) is 17.3 Å². The number of hydrogen-bond donors (Lipinski definition) is 0. The maximum Gasteiger partial charge on any atom is 0.160 e. The normalized spacial score (nSPS) is 10.7. The fourth-order valence-corrected chi connectivity index (χ4v) is 2.75. The molecule has 68 valence electrons. The third-order valence-corrected chi connectivity index (χ3v) is 3.43. The minimum absolute atomic E-state index is 0.894. The van der Waals surface area contributed by atoms with Crippen LogP contribution in [0, 0.1) is 6.92 Å². The molecular formula is C9H8BrNOS. The second-order valence-corrected chi connectivity index (χ2v) is 5.01. The van der Waals surface area contributed by atoms with E-state index >= 15 is 0 Å². The van der Waals surface area contributed by atoms with E-state index in [1.807, 2.05) is 19.1 Å². The average molecular weight is 258 g/mol. The van der Waals surface area contributed by atoms with Gasteiger partial charge in [-0.2, -0.15) is 0 Å². The molecule has 1 heterocycles. The van der Waals surface area contributed by atoms with Crippen molar-refractivity contribution in [1.29, 1.82) is 0 Å². The minimum Gasteiger partial charge on any atom is -0.496 e. The molecule has 0 aliphatic carbocycles. The van der Waals surface area contributed by atoms with Gasteiger partial charge in [-0.15, -0.1) is 11.3 Å². The lowest BCUT2D eigenvalue weighted by atomic mass is 10.2. The molecule has 2 rings (SSSR count). The number of halogens is 1. The number of aryl methyl sites for hydroxylation is 1. The van der Waals surface area contributed by atoms with Crippen molar-refractivity contribution in [3.05, 3.63) is 21.6 Å². The van der Waals surface area contributed by atoms with Crippen LogP contribution < -0.4 is 4.74 Å². The van der Waals surface area contributed by atoms with E-state index in [1.165, 1.54) is 4.70 Å². The molecule has 0 aliphatic rings. The first-order chi connectivity index (χ1) is 6.22. The van der Waals surface area contributed by atoms with Gasteiger partial charge in [0.2, 0.25) is 0 Å². The fourth-order valence-electron chi connectivity index (χ4n) is 1.30. The minimum atomic E-state index is 0.894. The zero-order valence-corrected chi connectivity index (χ0v) is 9.70. The van der Waals surface area contributed by atoms with E-state index < -0.39 is 0 Å². The molecule has 0 amide bonds. The molecule has 0 spiro atoms. The van der Waals surface area contributed by atoms with Crippen molar-refractivity contribution < 1.29 is 4.74 Å². The van der Waals surface area contributed by atoms with Crippen molar-refractivity contribution in [3.8, 4) is 5.75 Å². The van der Waals surface area contributed by atoms with E-state index in [9.17, 15) is 0 Å². The van der Waals surface area contributed by atoms with E-state index in [4.69, 9.17) is 4.74 Å². The smallest absolute Gasteiger partial charge is 0.160 e. The second-order valence-electron chi connectivity index (χ2n) is 2.71. The summed E-state index contributed by atoms with van der Waals surface area (Å²) in [5.74, 6) is 0.894. The highest BCUT2D eigenvalue weighted by molar-refractivity contribution is 9.11. The van der Waals surface area contributed by atoms with Gasteiger partial charge in [-0.1, -0.05) is 0 Å². The summed E-state index contributed by atoms with van der Waals surface area (Å²) < 4.78 is 7.31. The molecule has 2 aromatic rings. The van der Waals surface area contributed by atoms with E-state index in [0.29, 0.717) is 0 Å². The first-order valence-corrected chi connectivity index (χ1v) is 5.43. The summed E-state index contributed by atoms with van der Waals surface area (Å²) in [4.78, 5) is 4.38. The van der Waals surface area contributed by atoms with Crippen LogP contribution >= 0.6 is 27.3 Å². The first-order valence-electron chi connectivity index (χ1n) is 3.82. The topological polar surface area (TPSA) is 22.1 Å². The maximum atomic E-state index is 5.21. The summed E-state index contributed by atoms with van der Waals surface area (Å²) in [5, 5.41) is 0. The lowest BCUT2D eigenvalue weighted by molar-refractivity contribution is 0.412. The highest BCUT2D eigenvalue weighted by Gasteiger charge is 2.07. The number of thiazole rings is 1. The Hall–Kier alpha value is -0.610. The Morgan fingerprint density at radius 3 is 2.92 bits per heavy atom. The maximum absolute atomic E-state index is 5.21. The largest absolute Gasteiger partial charge is 0.496 e. The van der Waals surface area contributed by atoms with Crippen molar-refractivity contribution in [2.24, 2.45) is 0 Å². The predicted molar refractivity (Wildman–Crippen MR) is 58.6 cm³/mol. The van der Waals surface area contributed by atoms with Crippen LogP contribution in [0.25, 0.3) is 10.2 Å². The Labute approximate surface area is 88.7 Å². The average Bonchev–Trinajstić information content (AvgIpc) is 2.47. The summed E-state index contributed by atoms with van der Waals surface area (Å²) in [5.41, 5.74) is 2.12. The lowest BCUT2D eigenvalue weighted by Gasteiger charge is -2.03. The Bertz CT molecular complexity index is 452. The van der Waals surface area contributed by atoms with Gasteiger partial charge in [0.25, 0.3) is 0 Å². The number of rotatable bonds is 1. The molecule has 0 fully saturated rings. The molecule has 1 aromatic heterocycles. The molecule has 4 heteroatoms. The molecule has 0 radical (unpaired) electrons. The molecule has 0 saturated heterocycles. The lowest BCUT2D eigenvalue weighted by Crippen LogP contribution is -1.86. The highest BCUT2D eigenvalue weighted by atomic mass is 79.9. The Balaban J connectivity index is 2.78. The molecule has 0 N–H and O–H groups in total. The number of fused-ring (bicyclic) bond motifs is 1. The zero-order chi connectivity index (χ0) is 9.42. The van der Waals surface area contributed by atoms with Crippen LogP contribution in [-0.4, -0.2) is 12.1 Å². The Morgan fingerprint density at radius 2 is 2.23 bits per heavy atom. The van der Waals surface area contributed by atoms with Crippen molar-refractivity contribution >= 4 is 37.5 Å². The summed E-state index contributed by atoms with van der Waals surface area (Å²) >= 11 is 5.01. The van der Waals surface area contributed by atoms with Gasteiger partial charge < -0.3 is 4.74 Å². The van der Waals surface area contributed by atoms with Crippen molar-refractivity contribution in [2.75, 3.05) is 7.11 Å². The number of hydrogen-bond acceptors (Lipinski definition) is 3. The summed E-state index contributed by atoms with van der Waals surface area (Å²) in [7, 11) is 1.68. The van der Waals surface area contributed by atoms with E-state index in [2.05, 4.69) is 20.9 Å². The molecule has 0 atom stereocenters. The third-order valence-electron chi connectivity index (χ3n) is 1.96. The van der Waals surface area contributed by atoms with Crippen molar-refractivity contribution in [2.45, 2.75) is 6.92 Å². The van der Waals surface area contributed by atoms with Gasteiger partial charge in [-0.05, 0) is 35.0 Å². The van der Waals surface area contributed by atoms with Crippen LogP contribution in [0.2, 0.25) is 0 Å². The highest BCUT2D eigenvalue weighted by Crippen LogP contribution is 2.32. The molecule has 1 aromatic carbocycles. The Kier molecular flexibility index (Phi) is 2.26. The summed E-state index contributed by atoms with van der Waals surface area (Å²) in [6, 6.07) is 4.01. The predicted octanol–water partition coefficient (Wildman–Crippen LogP) is 3.38. The fraction of sp³-hybridized carbons (Fsp3) is 0.222. The summed E-state index contributed by atoms with van der Waals surface area (Å²) in [6.07, 6.45) is 0. The molecule has 2 nitrogen and oxygen atoms in total. The second kappa shape index (κ2) is 3.27. The Morgan fingerprint density at radius 1 is 1.46 bits per heavy atom. The van der Waals surface area contributed by atoms with Gasteiger partial charge in [0.1, 0.15) is 5.75 Å². The summed E-state index contributed by atoms with van der Waals surface area (Å²) in [6.45, 7) is 2.02. The number of nitrogens with zero attached hydrogens (tertiary/aromatic N) is 1. The van der Waals surface area contributed by atoms with E-state index in [0.717, 1.165) is 20.7 Å². The molecule has 0 saturated carbocycles. The molecule has 0 aliphatic heterocycles. The van der Waals surface area contributed by atoms with Crippen LogP contribution in [0.1, 0.15) is 5.56 Å². The monoisotopic (exact) mass is 257 g/mol. The molecule has 0 unspecified atom stereocenters. The number of methoxy groups -OCH3 is 1. The molecular weight excluding hydrogens is 250 g/mol. The SMILES string of the molecule is COc1ccc2sc(Br)nc2c1C. The van der Waals surface area contributed by atoms with Gasteiger partial charge in [-0.25, -0.2) is 4.98 Å². The molecule has 0 bridgehead atoms. The van der Waals surface area contributed by atoms with Crippen molar-refractivity contribution in [3.63, 3.8) is 0 Å². The first kappa shape index (κ1) is 8.97.